The molecule has 2 atom stereocenters. The van der Waals surface area contributed by atoms with E-state index in [2.05, 4.69) is 252 Å². The smallest absolute Gasteiger partial charge is 0.346 e. The van der Waals surface area contributed by atoms with Crippen LogP contribution >= 0.6 is 0 Å². The van der Waals surface area contributed by atoms with Gasteiger partial charge in [0.1, 0.15) is 6.15 Å². The van der Waals surface area contributed by atoms with Crippen LogP contribution in [0.1, 0.15) is 54.4 Å². The Morgan fingerprint density at radius 2 is 0.794 bits per heavy atom. The van der Waals surface area contributed by atoms with E-state index in [0.29, 0.717) is 12.6 Å². The molecule has 8 heteroatoms. The van der Waals surface area contributed by atoms with Crippen molar-refractivity contribution in [1.29, 1.82) is 0 Å². The molecule has 0 radical (unpaired) electrons. The Morgan fingerprint density at radius 3 is 1.11 bits per heavy atom. The number of nitrogens with zero attached hydrogens (tertiary/aromatic N) is 1. The SMILES string of the molecule is CC(C)(C)[Si](C)(C)OC[C@H]1CC[N+]2=C(N1)N[C@@H](CO[Si](c1ccccc1)(c1ccccc1)C(C)(C)C)CC2.c1ccc([B-](c2ccccc2)(c2ccccc2)c2ccccc2)cc1. The predicted octanol–water partition coefficient (Wildman–Crippen LogP) is 7.74. The first-order valence-corrected chi connectivity index (χ1v) is 28.0. The van der Waals surface area contributed by atoms with E-state index in [1.165, 1.54) is 32.2 Å². The predicted molar refractivity (Wildman–Crippen MR) is 275 cm³/mol. The molecule has 6 aromatic carbocycles. The lowest BCUT2D eigenvalue weighted by atomic mass is 9.13. The largest absolute Gasteiger partial charge is 0.413 e. The third-order valence-electron chi connectivity index (χ3n) is 14.1. The summed E-state index contributed by atoms with van der Waals surface area (Å²) in [6, 6.07) is 66.0. The van der Waals surface area contributed by atoms with Crippen molar-refractivity contribution in [2.75, 3.05) is 26.3 Å². The van der Waals surface area contributed by atoms with Gasteiger partial charge in [-0.25, -0.2) is 0 Å². The zero-order valence-corrected chi connectivity index (χ0v) is 41.1. The molecule has 63 heavy (non-hydrogen) atoms. The van der Waals surface area contributed by atoms with Gasteiger partial charge < -0.3 is 8.85 Å². The van der Waals surface area contributed by atoms with Gasteiger partial charge in [0.25, 0.3) is 8.32 Å². The molecular weight excluding hydrogens is 802 g/mol. The van der Waals surface area contributed by atoms with Crippen LogP contribution in [-0.2, 0) is 8.85 Å². The molecule has 0 saturated carbocycles. The summed E-state index contributed by atoms with van der Waals surface area (Å²) in [4.78, 5) is 0. The second-order valence-corrected chi connectivity index (χ2v) is 29.3. The third kappa shape index (κ3) is 10.1. The van der Waals surface area contributed by atoms with Gasteiger partial charge in [-0.1, -0.05) is 224 Å². The summed E-state index contributed by atoms with van der Waals surface area (Å²) in [6.07, 6.45) is 0.976. The van der Waals surface area contributed by atoms with Gasteiger partial charge in [-0.2, -0.15) is 21.9 Å². The fraction of sp³-hybridized carbons (Fsp3) is 0.327. The van der Waals surface area contributed by atoms with Crippen LogP contribution < -0.4 is 42.9 Å². The monoisotopic (exact) mass is 872 g/mol. The minimum absolute atomic E-state index is 0.0151. The zero-order valence-electron chi connectivity index (χ0n) is 39.1. The molecule has 0 unspecified atom stereocenters. The Kier molecular flexibility index (Phi) is 14.5. The van der Waals surface area contributed by atoms with Crippen molar-refractivity contribution in [3.63, 3.8) is 0 Å². The average Bonchev–Trinajstić information content (AvgIpc) is 3.30. The van der Waals surface area contributed by atoms with E-state index < -0.39 is 22.8 Å². The van der Waals surface area contributed by atoms with Crippen molar-refractivity contribution in [2.24, 2.45) is 0 Å². The molecule has 0 bridgehead atoms. The molecule has 8 rings (SSSR count). The number of guanidine groups is 1. The van der Waals surface area contributed by atoms with Gasteiger partial charge in [-0.05, 0) is 33.5 Å². The summed E-state index contributed by atoms with van der Waals surface area (Å²) in [5.74, 6) is 1.15. The minimum atomic E-state index is -2.54. The normalized spacial score (nSPS) is 17.1. The molecule has 0 amide bonds. The standard InChI is InChI=1S/C31H49N3O2Si2.C24H20B/c1-30(2,3)37(7,8)35-23-25-19-21-34-22-20-26(33-29(34)32-25)24-36-38(31(4,5)6,27-15-11-9-12-16-27)28-17-13-10-14-18-28;1-5-13-21(14-6-1)25(22-15-7-2-8-16-22,23-17-9-3-10-18-23)24-19-11-4-12-20-24/h9-18,25-26H,19-24H2,1-8H3,(H,32,33);1-20H/q;-1/p+1/t25-,26-;/m1./s1. The first kappa shape index (κ1) is 46.0. The molecule has 6 aromatic rings. The number of rotatable bonds is 12. The first-order valence-electron chi connectivity index (χ1n) is 23.2. The third-order valence-corrected chi connectivity index (χ3v) is 23.6. The van der Waals surface area contributed by atoms with Crippen LogP contribution in [0.5, 0.6) is 0 Å². The number of hydrogen-bond acceptors (Lipinski definition) is 4. The van der Waals surface area contributed by atoms with Gasteiger partial charge in [-0.15, -0.1) is 0 Å². The quantitative estimate of drug-likeness (QED) is 0.0977. The molecule has 0 spiro atoms. The highest BCUT2D eigenvalue weighted by Gasteiger charge is 2.51. The molecular formula is C55H70BN3O2Si2. The molecule has 0 aromatic heterocycles. The molecule has 328 valence electrons. The Hall–Kier alpha value is -4.99. The summed E-state index contributed by atoms with van der Waals surface area (Å²) in [7, 11) is -4.30. The lowest BCUT2D eigenvalue weighted by Crippen LogP contribution is -2.74. The lowest BCUT2D eigenvalue weighted by Gasteiger charge is -2.44. The van der Waals surface area contributed by atoms with Crippen molar-refractivity contribution >= 4 is 61.0 Å². The van der Waals surface area contributed by atoms with Crippen molar-refractivity contribution < 1.29 is 13.4 Å². The van der Waals surface area contributed by atoms with Gasteiger partial charge in [0.15, 0.2) is 8.32 Å². The number of nitrogens with one attached hydrogen (secondary N) is 2. The Balaban J connectivity index is 0.000000205. The maximum atomic E-state index is 7.24. The van der Waals surface area contributed by atoms with Gasteiger partial charge >= 0.3 is 5.96 Å². The fourth-order valence-electron chi connectivity index (χ4n) is 9.60. The van der Waals surface area contributed by atoms with Crippen LogP contribution in [0, 0.1) is 0 Å². The van der Waals surface area contributed by atoms with E-state index in [0.717, 1.165) is 38.5 Å². The fourth-order valence-corrected chi connectivity index (χ4v) is 15.3. The van der Waals surface area contributed by atoms with Crippen molar-refractivity contribution in [3.8, 4) is 0 Å². The molecule has 2 aliphatic heterocycles. The number of benzene rings is 6. The first-order chi connectivity index (χ1) is 30.3. The van der Waals surface area contributed by atoms with E-state index in [-0.39, 0.29) is 16.1 Å². The summed E-state index contributed by atoms with van der Waals surface area (Å²) in [6.45, 7) is 22.2. The summed E-state index contributed by atoms with van der Waals surface area (Å²) in [5.41, 5.74) is 5.36. The topological polar surface area (TPSA) is 45.5 Å². The van der Waals surface area contributed by atoms with Gasteiger partial charge in [0.2, 0.25) is 0 Å². The molecule has 5 nitrogen and oxygen atoms in total. The zero-order chi connectivity index (χ0) is 44.6. The van der Waals surface area contributed by atoms with Crippen LogP contribution in [0.3, 0.4) is 0 Å². The highest BCUT2D eigenvalue weighted by Crippen LogP contribution is 2.38. The molecule has 0 saturated heterocycles. The summed E-state index contributed by atoms with van der Waals surface area (Å²) < 4.78 is 16.3. The van der Waals surface area contributed by atoms with Crippen molar-refractivity contribution in [2.45, 2.75) is 89.6 Å². The second kappa shape index (κ2) is 19.8. The van der Waals surface area contributed by atoms with Crippen LogP contribution in [0.25, 0.3) is 0 Å². The Bertz CT molecular complexity index is 2150. The molecule has 0 fully saturated rings. The summed E-state index contributed by atoms with van der Waals surface area (Å²) in [5, 5.41) is 10.5. The van der Waals surface area contributed by atoms with Crippen LogP contribution in [0.4, 0.5) is 0 Å². The minimum Gasteiger partial charge on any atom is -0.413 e. The number of hydrogen-bond donors (Lipinski definition) is 2. The highest BCUT2D eigenvalue weighted by molar-refractivity contribution is 7.19. The maximum Gasteiger partial charge on any atom is 0.346 e. The lowest BCUT2D eigenvalue weighted by molar-refractivity contribution is -0.542. The van der Waals surface area contributed by atoms with Gasteiger partial charge in [-0.3, -0.25) is 15.2 Å². The highest BCUT2D eigenvalue weighted by atomic mass is 28.4. The summed E-state index contributed by atoms with van der Waals surface area (Å²) >= 11 is 0. The van der Waals surface area contributed by atoms with E-state index >= 15 is 0 Å². The molecule has 2 heterocycles. The second-order valence-electron chi connectivity index (χ2n) is 20.1. The van der Waals surface area contributed by atoms with Crippen LogP contribution in [0.2, 0.25) is 23.2 Å². The Labute approximate surface area is 381 Å². The Morgan fingerprint density at radius 1 is 0.476 bits per heavy atom. The maximum absolute atomic E-state index is 7.24. The van der Waals surface area contributed by atoms with Crippen molar-refractivity contribution in [1.82, 2.24) is 10.6 Å². The van der Waals surface area contributed by atoms with E-state index in [1.54, 1.807) is 0 Å². The molecule has 0 aliphatic carbocycles. The van der Waals surface area contributed by atoms with Crippen molar-refractivity contribution in [3.05, 3.63) is 182 Å². The van der Waals surface area contributed by atoms with Crippen LogP contribution in [0.15, 0.2) is 182 Å². The van der Waals surface area contributed by atoms with Gasteiger partial charge in [0.05, 0.1) is 38.4 Å². The molecule has 2 aliphatic rings. The van der Waals surface area contributed by atoms with Crippen LogP contribution in [-0.4, -0.2) is 71.7 Å². The molecule has 2 N–H and O–H groups in total. The van der Waals surface area contributed by atoms with E-state index in [9.17, 15) is 0 Å². The average molecular weight is 872 g/mol. The van der Waals surface area contributed by atoms with E-state index in [4.69, 9.17) is 8.85 Å². The van der Waals surface area contributed by atoms with E-state index in [1.807, 2.05) is 0 Å². The van der Waals surface area contributed by atoms with Gasteiger partial charge in [0, 0.05) is 12.8 Å².